The molecule has 0 aromatic rings. The molecule has 0 aliphatic carbocycles. The summed E-state index contributed by atoms with van der Waals surface area (Å²) in [7, 11) is -4.74. The van der Waals surface area contributed by atoms with Crippen LogP contribution in [0.15, 0.2) is 48.6 Å². The van der Waals surface area contributed by atoms with E-state index in [4.69, 9.17) is 23.3 Å². The molecule has 0 saturated heterocycles. The number of hydrogen-bond donors (Lipinski definition) is 2. The van der Waals surface area contributed by atoms with Crippen LogP contribution in [0.1, 0.15) is 239 Å². The fraction of sp³-hybridized carbons (Fsp3) is 0.796. The van der Waals surface area contributed by atoms with Gasteiger partial charge >= 0.3 is 25.7 Å². The number of phosphoric acid groups is 1. The topological polar surface area (TPSA) is 155 Å². The highest BCUT2D eigenvalue weighted by Gasteiger charge is 2.28. The van der Waals surface area contributed by atoms with Crippen molar-refractivity contribution in [2.75, 3.05) is 26.4 Å². The predicted molar refractivity (Wildman–Crippen MR) is 270 cm³/mol. The molecule has 384 valence electrons. The lowest BCUT2D eigenvalue weighted by Gasteiger charge is -2.21. The van der Waals surface area contributed by atoms with Crippen LogP contribution in [0.5, 0.6) is 0 Å². The molecule has 0 aromatic carbocycles. The molecule has 0 radical (unpaired) electrons. The third-order valence-electron chi connectivity index (χ3n) is 11.3. The number of phosphoric ester groups is 1. The summed E-state index contributed by atoms with van der Waals surface area (Å²) in [4.78, 5) is 48.3. The Labute approximate surface area is 403 Å². The van der Waals surface area contributed by atoms with Crippen molar-refractivity contribution in [2.24, 2.45) is 0 Å². The fourth-order valence-electron chi connectivity index (χ4n) is 7.23. The van der Waals surface area contributed by atoms with Crippen molar-refractivity contribution in [1.82, 2.24) is 0 Å². The van der Waals surface area contributed by atoms with Gasteiger partial charge in [-0.2, -0.15) is 0 Å². The van der Waals surface area contributed by atoms with Crippen molar-refractivity contribution in [3.05, 3.63) is 48.6 Å². The normalized spacial score (nSPS) is 13.8. The number of hydrogen-bond acceptors (Lipinski definition) is 10. The summed E-state index contributed by atoms with van der Waals surface area (Å²) in [6, 6.07) is 0. The molecular weight excluding hydrogens is 856 g/mol. The van der Waals surface area contributed by atoms with E-state index in [1.54, 1.807) is 0 Å². The van der Waals surface area contributed by atoms with E-state index >= 15 is 0 Å². The van der Waals surface area contributed by atoms with E-state index in [2.05, 4.69) is 69.4 Å². The molecule has 0 aliphatic rings. The van der Waals surface area contributed by atoms with Crippen molar-refractivity contribution >= 4 is 25.7 Å². The van der Waals surface area contributed by atoms with Gasteiger partial charge in [0, 0.05) is 19.3 Å². The minimum atomic E-state index is -4.74. The van der Waals surface area contributed by atoms with Crippen molar-refractivity contribution in [2.45, 2.75) is 251 Å². The quantitative estimate of drug-likeness (QED) is 0.0197. The van der Waals surface area contributed by atoms with E-state index in [-0.39, 0.29) is 25.9 Å². The average molecular weight is 953 g/mol. The van der Waals surface area contributed by atoms with Crippen LogP contribution in [0.2, 0.25) is 0 Å². The number of carbonyl (C=O) groups is 3. The molecule has 0 fully saturated rings. The molecule has 0 saturated carbocycles. The Morgan fingerprint density at radius 2 is 0.788 bits per heavy atom. The predicted octanol–water partition coefficient (Wildman–Crippen LogP) is 15.0. The Bertz CT molecular complexity index is 1300. The van der Waals surface area contributed by atoms with E-state index in [1.165, 1.54) is 89.9 Å². The molecule has 66 heavy (non-hydrogen) atoms. The molecule has 3 unspecified atom stereocenters. The summed E-state index contributed by atoms with van der Waals surface area (Å²) >= 11 is 0. The molecule has 0 amide bonds. The Kier molecular flexibility index (Phi) is 47.0. The van der Waals surface area contributed by atoms with Gasteiger partial charge in [-0.15, -0.1) is 0 Å². The van der Waals surface area contributed by atoms with E-state index in [9.17, 15) is 28.9 Å². The van der Waals surface area contributed by atoms with Gasteiger partial charge in [0.25, 0.3) is 0 Å². The van der Waals surface area contributed by atoms with Gasteiger partial charge in [-0.1, -0.05) is 211 Å². The summed E-state index contributed by atoms with van der Waals surface area (Å²) in [6.45, 7) is 4.48. The number of esters is 3. The number of unbranched alkanes of at least 4 members (excludes halogenated alkanes) is 24. The third kappa shape index (κ3) is 46.5. The molecular formula is C54H97O11P. The van der Waals surface area contributed by atoms with E-state index in [0.717, 1.165) is 89.9 Å². The van der Waals surface area contributed by atoms with Crippen molar-refractivity contribution < 1.29 is 52.2 Å². The van der Waals surface area contributed by atoms with Crippen LogP contribution in [0.3, 0.4) is 0 Å². The van der Waals surface area contributed by atoms with Gasteiger partial charge in [-0.25, -0.2) is 4.57 Å². The molecule has 2 N–H and O–H groups in total. The largest absolute Gasteiger partial charge is 0.472 e. The Morgan fingerprint density at radius 3 is 1.21 bits per heavy atom. The van der Waals surface area contributed by atoms with Crippen LogP contribution in [0.4, 0.5) is 0 Å². The van der Waals surface area contributed by atoms with Crippen LogP contribution < -0.4 is 0 Å². The molecule has 0 rings (SSSR count). The van der Waals surface area contributed by atoms with E-state index in [0.29, 0.717) is 19.3 Å². The molecule has 11 nitrogen and oxygen atoms in total. The number of aliphatic hydroxyl groups is 1. The van der Waals surface area contributed by atoms with Crippen LogP contribution in [-0.4, -0.2) is 66.5 Å². The maximum atomic E-state index is 12.8. The van der Waals surface area contributed by atoms with E-state index < -0.39 is 57.8 Å². The van der Waals surface area contributed by atoms with Gasteiger partial charge in [-0.05, 0) is 57.8 Å². The summed E-state index contributed by atoms with van der Waals surface area (Å²) in [5, 5.41) is 9.74. The van der Waals surface area contributed by atoms with Gasteiger partial charge < -0.3 is 24.2 Å². The highest BCUT2D eigenvalue weighted by molar-refractivity contribution is 7.47. The zero-order valence-electron chi connectivity index (χ0n) is 42.2. The van der Waals surface area contributed by atoms with Crippen molar-refractivity contribution in [3.8, 4) is 0 Å². The zero-order chi connectivity index (χ0) is 48.4. The first kappa shape index (κ1) is 63.4. The lowest BCUT2D eigenvalue weighted by atomic mass is 10.0. The Morgan fingerprint density at radius 1 is 0.439 bits per heavy atom. The first-order chi connectivity index (χ1) is 32.2. The van der Waals surface area contributed by atoms with Crippen LogP contribution >= 0.6 is 7.82 Å². The summed E-state index contributed by atoms with van der Waals surface area (Å²) in [5.41, 5.74) is 0. The number of ether oxygens (including phenoxy) is 3. The highest BCUT2D eigenvalue weighted by Crippen LogP contribution is 2.43. The molecule has 0 spiro atoms. The number of carbonyl (C=O) groups excluding carboxylic acids is 3. The second kappa shape index (κ2) is 48.9. The lowest BCUT2D eigenvalue weighted by Crippen LogP contribution is -2.30. The van der Waals surface area contributed by atoms with Crippen LogP contribution in [0, 0.1) is 0 Å². The van der Waals surface area contributed by atoms with Gasteiger partial charge in [0.1, 0.15) is 12.7 Å². The maximum Gasteiger partial charge on any atom is 0.472 e. The summed E-state index contributed by atoms with van der Waals surface area (Å²) in [6.07, 6.45) is 49.4. The zero-order valence-corrected chi connectivity index (χ0v) is 43.1. The molecule has 3 atom stereocenters. The lowest BCUT2D eigenvalue weighted by molar-refractivity contribution is -0.161. The van der Waals surface area contributed by atoms with Gasteiger partial charge in [0.05, 0.1) is 19.8 Å². The maximum absolute atomic E-state index is 12.8. The van der Waals surface area contributed by atoms with Gasteiger partial charge in [0.15, 0.2) is 6.10 Å². The van der Waals surface area contributed by atoms with Crippen molar-refractivity contribution in [1.29, 1.82) is 0 Å². The molecule has 0 aromatic heterocycles. The first-order valence-corrected chi connectivity index (χ1v) is 28.0. The average Bonchev–Trinajstić information content (AvgIpc) is 3.30. The van der Waals surface area contributed by atoms with Gasteiger partial charge in [0.2, 0.25) is 0 Å². The number of allylic oxidation sites excluding steroid dienone is 8. The highest BCUT2D eigenvalue weighted by atomic mass is 31.2. The summed E-state index contributed by atoms with van der Waals surface area (Å²) < 4.78 is 39.3. The van der Waals surface area contributed by atoms with Crippen LogP contribution in [-0.2, 0) is 42.2 Å². The summed E-state index contributed by atoms with van der Waals surface area (Å²) in [5.74, 6) is -1.48. The van der Waals surface area contributed by atoms with Crippen LogP contribution in [0.25, 0.3) is 0 Å². The van der Waals surface area contributed by atoms with Crippen molar-refractivity contribution in [3.63, 3.8) is 0 Å². The molecule has 0 aliphatic heterocycles. The second-order valence-electron chi connectivity index (χ2n) is 17.7. The smallest absolute Gasteiger partial charge is 0.462 e. The second-order valence-corrected chi connectivity index (χ2v) is 19.1. The monoisotopic (exact) mass is 953 g/mol. The Hall–Kier alpha value is -2.56. The first-order valence-electron chi connectivity index (χ1n) is 26.5. The molecule has 12 heteroatoms. The number of rotatable bonds is 49. The van der Waals surface area contributed by atoms with E-state index in [1.807, 2.05) is 0 Å². The minimum absolute atomic E-state index is 0.142. The molecule has 0 bridgehead atoms. The molecule has 0 heterocycles. The SMILES string of the molecule is CC/C=C\C/C=C\C/C=C\C/C=C\CCCCCCC(=O)OC(COC(=O)CCCCCCCCCCCCCCC)COP(=O)(O)OCC(CO)OC(=O)CCCCCCCCCCC. The number of aliphatic hydroxyl groups excluding tert-OH is 1. The van der Waals surface area contributed by atoms with Gasteiger partial charge in [-0.3, -0.25) is 23.4 Å². The Balaban J connectivity index is 4.77. The standard InChI is InChI=1S/C54H97O11P/c1-4-7-10-13-16-19-21-23-24-25-26-28-30-33-36-39-42-45-54(58)65-51(47-61-52(56)43-40-37-34-32-29-27-22-20-17-14-11-8-5-2)49-63-66(59,60)62-48-50(46-55)64-53(57)44-41-38-35-31-18-15-12-9-6-3/h7,10,16,19,23-24,26,28,50-51,55H,4-6,8-9,11-15,17-18,20-22,25,27,29-49H2,1-3H3,(H,59,60)/b10-7-,19-16-,24-23-,28-26-. The minimum Gasteiger partial charge on any atom is -0.462 e. The fourth-order valence-corrected chi connectivity index (χ4v) is 8.01. The third-order valence-corrected chi connectivity index (χ3v) is 12.2.